The van der Waals surface area contributed by atoms with E-state index in [9.17, 15) is 0 Å². The van der Waals surface area contributed by atoms with Crippen LogP contribution in [0.2, 0.25) is 0 Å². The average molecular weight is 230 g/mol. The van der Waals surface area contributed by atoms with E-state index in [0.29, 0.717) is 22.5 Å². The minimum Gasteiger partial charge on any atom is -0.383 e. The highest BCUT2D eigenvalue weighted by molar-refractivity contribution is 5.97. The Morgan fingerprint density at radius 1 is 1.29 bits per heavy atom. The predicted octanol–water partition coefficient (Wildman–Crippen LogP) is -0.0822. The molecule has 3 rings (SSSR count). The van der Waals surface area contributed by atoms with Crippen molar-refractivity contribution in [2.45, 2.75) is 0 Å². The number of imidazole rings is 1. The van der Waals surface area contributed by atoms with Gasteiger partial charge in [0.15, 0.2) is 5.65 Å². The quantitative estimate of drug-likeness (QED) is 0.537. The van der Waals surface area contributed by atoms with E-state index in [1.807, 2.05) is 17.8 Å². The maximum atomic E-state index is 5.82. The van der Waals surface area contributed by atoms with Gasteiger partial charge in [0.1, 0.15) is 11.5 Å². The van der Waals surface area contributed by atoms with Gasteiger partial charge in [-0.3, -0.25) is 5.10 Å². The molecule has 0 aliphatic heterocycles. The zero-order valence-corrected chi connectivity index (χ0v) is 9.05. The number of rotatable bonds is 1. The highest BCUT2D eigenvalue weighted by Gasteiger charge is 2.15. The van der Waals surface area contributed by atoms with E-state index in [0.717, 1.165) is 5.69 Å². The van der Waals surface area contributed by atoms with Crippen molar-refractivity contribution in [3.05, 3.63) is 12.5 Å². The van der Waals surface area contributed by atoms with Crippen LogP contribution in [0.4, 0.5) is 11.8 Å². The first-order valence-corrected chi connectivity index (χ1v) is 4.90. The lowest BCUT2D eigenvalue weighted by atomic mass is 10.2. The van der Waals surface area contributed by atoms with Crippen molar-refractivity contribution in [2.75, 3.05) is 11.5 Å². The topological polar surface area (TPSA) is 124 Å². The van der Waals surface area contributed by atoms with Crippen molar-refractivity contribution in [3.8, 4) is 11.4 Å². The summed E-state index contributed by atoms with van der Waals surface area (Å²) in [6.45, 7) is 0. The number of H-pyrrole nitrogens is 1. The Morgan fingerprint density at radius 2 is 2.12 bits per heavy atom. The Hall–Kier alpha value is -2.64. The number of nitrogens with two attached hydrogens (primary N) is 2. The van der Waals surface area contributed by atoms with Crippen LogP contribution in [0.25, 0.3) is 22.4 Å². The Kier molecular flexibility index (Phi) is 1.79. The number of aromatic nitrogens is 6. The molecule has 0 amide bonds. The Bertz CT molecular complexity index is 694. The second-order valence-corrected chi connectivity index (χ2v) is 3.69. The van der Waals surface area contributed by atoms with Crippen LogP contribution in [0.5, 0.6) is 0 Å². The Balaban J connectivity index is 2.31. The van der Waals surface area contributed by atoms with Crippen LogP contribution >= 0.6 is 0 Å². The number of nitrogens with zero attached hydrogens (tertiary/aromatic N) is 5. The van der Waals surface area contributed by atoms with Gasteiger partial charge in [-0.05, 0) is 0 Å². The van der Waals surface area contributed by atoms with Gasteiger partial charge in [-0.25, -0.2) is 4.98 Å². The van der Waals surface area contributed by atoms with Crippen molar-refractivity contribution in [1.82, 2.24) is 29.7 Å². The fourth-order valence-electron chi connectivity index (χ4n) is 1.70. The second kappa shape index (κ2) is 3.17. The molecule has 3 heterocycles. The first-order chi connectivity index (χ1) is 8.15. The van der Waals surface area contributed by atoms with Gasteiger partial charge in [-0.15, -0.1) is 0 Å². The molecule has 17 heavy (non-hydrogen) atoms. The molecule has 0 radical (unpaired) electrons. The summed E-state index contributed by atoms with van der Waals surface area (Å²) in [5, 5.41) is 7.53. The lowest BCUT2D eigenvalue weighted by Gasteiger charge is -1.98. The first kappa shape index (κ1) is 9.58. The average Bonchev–Trinajstić information content (AvgIpc) is 2.83. The third kappa shape index (κ3) is 1.38. The molecule has 3 aromatic rings. The van der Waals surface area contributed by atoms with Gasteiger partial charge in [-0.2, -0.15) is 15.1 Å². The zero-order chi connectivity index (χ0) is 12.0. The summed E-state index contributed by atoms with van der Waals surface area (Å²) in [6.07, 6.45) is 3.54. The summed E-state index contributed by atoms with van der Waals surface area (Å²) in [6, 6.07) is 0. The number of nitrogens with one attached hydrogen (secondary N) is 1. The number of hydrogen-bond donors (Lipinski definition) is 3. The minimum atomic E-state index is 0.106. The SMILES string of the molecule is Cn1cnc(-c2[nH]nc3nc(N)nc(N)c23)c1. The van der Waals surface area contributed by atoms with Gasteiger partial charge >= 0.3 is 0 Å². The Labute approximate surface area is 95.7 Å². The normalized spacial score (nSPS) is 11.1. The second-order valence-electron chi connectivity index (χ2n) is 3.69. The monoisotopic (exact) mass is 230 g/mol. The molecule has 0 spiro atoms. The minimum absolute atomic E-state index is 0.106. The highest BCUT2D eigenvalue weighted by Crippen LogP contribution is 2.27. The van der Waals surface area contributed by atoms with Crippen LogP contribution < -0.4 is 11.5 Å². The first-order valence-electron chi connectivity index (χ1n) is 4.90. The largest absolute Gasteiger partial charge is 0.383 e. The van der Waals surface area contributed by atoms with Crippen LogP contribution in [0.1, 0.15) is 0 Å². The molecule has 3 aromatic heterocycles. The molecule has 0 aliphatic carbocycles. The van der Waals surface area contributed by atoms with Crippen LogP contribution in [0.3, 0.4) is 0 Å². The third-order valence-electron chi connectivity index (χ3n) is 2.42. The van der Waals surface area contributed by atoms with Gasteiger partial charge < -0.3 is 16.0 Å². The van der Waals surface area contributed by atoms with E-state index in [-0.39, 0.29) is 5.95 Å². The summed E-state index contributed by atoms with van der Waals surface area (Å²) in [7, 11) is 1.88. The lowest BCUT2D eigenvalue weighted by molar-refractivity contribution is 0.913. The summed E-state index contributed by atoms with van der Waals surface area (Å²) in [5.41, 5.74) is 13.2. The van der Waals surface area contributed by atoms with E-state index in [1.54, 1.807) is 6.33 Å². The van der Waals surface area contributed by atoms with Gasteiger partial charge in [0, 0.05) is 13.2 Å². The highest BCUT2D eigenvalue weighted by atomic mass is 15.2. The predicted molar refractivity (Wildman–Crippen MR) is 62.7 cm³/mol. The zero-order valence-electron chi connectivity index (χ0n) is 9.05. The van der Waals surface area contributed by atoms with Gasteiger partial charge in [-0.1, -0.05) is 0 Å². The van der Waals surface area contributed by atoms with Gasteiger partial charge in [0.25, 0.3) is 0 Å². The molecule has 8 nitrogen and oxygen atoms in total. The summed E-state index contributed by atoms with van der Waals surface area (Å²) in [5.74, 6) is 0.399. The van der Waals surface area contributed by atoms with Crippen molar-refractivity contribution in [2.24, 2.45) is 7.05 Å². The Morgan fingerprint density at radius 3 is 2.82 bits per heavy atom. The summed E-state index contributed by atoms with van der Waals surface area (Å²) >= 11 is 0. The molecule has 86 valence electrons. The fraction of sp³-hybridized carbons (Fsp3) is 0.111. The van der Waals surface area contributed by atoms with Crippen LogP contribution in [-0.4, -0.2) is 29.7 Å². The van der Waals surface area contributed by atoms with Crippen LogP contribution in [-0.2, 0) is 7.05 Å². The van der Waals surface area contributed by atoms with E-state index in [1.165, 1.54) is 0 Å². The molecule has 0 aliphatic rings. The standard InChI is InChI=1S/C9H10N8/c1-17-2-4(12-3-17)6-5-7(10)13-9(11)14-8(5)16-15-6/h2-3H,1H3,(H5,10,11,13,14,15,16). The van der Waals surface area contributed by atoms with Crippen LogP contribution in [0, 0.1) is 0 Å². The number of nitrogen functional groups attached to an aromatic ring is 2. The number of aromatic amines is 1. The van der Waals surface area contributed by atoms with Gasteiger partial charge in [0.05, 0.1) is 17.4 Å². The number of fused-ring (bicyclic) bond motifs is 1. The molecule has 0 saturated carbocycles. The van der Waals surface area contributed by atoms with Crippen molar-refractivity contribution >= 4 is 22.8 Å². The molecule has 0 fully saturated rings. The molecule has 0 aromatic carbocycles. The van der Waals surface area contributed by atoms with E-state index >= 15 is 0 Å². The molecular formula is C9H10N8. The maximum absolute atomic E-state index is 5.82. The van der Waals surface area contributed by atoms with E-state index < -0.39 is 0 Å². The van der Waals surface area contributed by atoms with Crippen molar-refractivity contribution in [1.29, 1.82) is 0 Å². The number of hydrogen-bond acceptors (Lipinski definition) is 6. The summed E-state index contributed by atoms with van der Waals surface area (Å²) < 4.78 is 1.83. The van der Waals surface area contributed by atoms with Crippen molar-refractivity contribution in [3.63, 3.8) is 0 Å². The van der Waals surface area contributed by atoms with Gasteiger partial charge in [0.2, 0.25) is 5.95 Å². The molecule has 0 unspecified atom stereocenters. The molecule has 0 saturated heterocycles. The third-order valence-corrected chi connectivity index (χ3v) is 2.42. The van der Waals surface area contributed by atoms with Crippen LogP contribution in [0.15, 0.2) is 12.5 Å². The van der Waals surface area contributed by atoms with E-state index in [4.69, 9.17) is 11.5 Å². The lowest BCUT2D eigenvalue weighted by Crippen LogP contribution is -2.00. The molecule has 5 N–H and O–H groups in total. The maximum Gasteiger partial charge on any atom is 0.224 e. The molecule has 0 atom stereocenters. The van der Waals surface area contributed by atoms with E-state index in [2.05, 4.69) is 25.1 Å². The number of anilines is 2. The van der Waals surface area contributed by atoms with Crippen molar-refractivity contribution < 1.29 is 0 Å². The summed E-state index contributed by atoms with van der Waals surface area (Å²) in [4.78, 5) is 12.1. The fourth-order valence-corrected chi connectivity index (χ4v) is 1.70. The molecular weight excluding hydrogens is 220 g/mol. The molecule has 0 bridgehead atoms. The molecule has 8 heteroatoms. The smallest absolute Gasteiger partial charge is 0.224 e. The number of aryl methyl sites for hydroxylation is 1.